The molecule has 0 aliphatic carbocycles. The zero-order chi connectivity index (χ0) is 13.6. The van der Waals surface area contributed by atoms with Crippen LogP contribution in [0.25, 0.3) is 0 Å². The van der Waals surface area contributed by atoms with E-state index >= 15 is 0 Å². The smallest absolute Gasteiger partial charge is 0.0589 e. The lowest BCUT2D eigenvalue weighted by Crippen LogP contribution is -2.30. The van der Waals surface area contributed by atoms with Gasteiger partial charge in [-0.1, -0.05) is 18.2 Å². The van der Waals surface area contributed by atoms with Gasteiger partial charge in [0.15, 0.2) is 0 Å². The molecule has 0 atom stereocenters. The second-order valence-electron chi connectivity index (χ2n) is 3.88. The van der Waals surface area contributed by atoms with E-state index in [0.717, 1.165) is 38.5 Å². The molecule has 0 saturated heterocycles. The van der Waals surface area contributed by atoms with Crippen molar-refractivity contribution >= 4 is 0 Å². The lowest BCUT2D eigenvalue weighted by atomic mass is 10.3. The summed E-state index contributed by atoms with van der Waals surface area (Å²) in [5, 5.41) is 0. The number of ether oxygens (including phenoxy) is 2. The van der Waals surface area contributed by atoms with Gasteiger partial charge < -0.3 is 15.2 Å². The molecular weight excluding hydrogens is 228 g/mol. The predicted molar refractivity (Wildman–Crippen MR) is 76.4 cm³/mol. The molecule has 0 bridgehead atoms. The summed E-state index contributed by atoms with van der Waals surface area (Å²) < 4.78 is 10.2. The lowest BCUT2D eigenvalue weighted by Gasteiger charge is -2.19. The molecule has 0 heterocycles. The third kappa shape index (κ3) is 10.1. The standard InChI is InChI=1S/C14H26N2O2/c1-4-7-14(15)8-5-6-9-16(10-12-17-2)11-13-18-3/h4-8H,9-13,15H2,1-3H3/b6-5+,7-4-,14-8+. The van der Waals surface area contributed by atoms with E-state index in [-0.39, 0.29) is 0 Å². The quantitative estimate of drug-likeness (QED) is 0.601. The van der Waals surface area contributed by atoms with Gasteiger partial charge in [-0.2, -0.15) is 0 Å². The molecule has 0 fully saturated rings. The number of methoxy groups -OCH3 is 2. The maximum absolute atomic E-state index is 5.73. The molecule has 4 heteroatoms. The number of nitrogens with zero attached hydrogens (tertiary/aromatic N) is 1. The van der Waals surface area contributed by atoms with Gasteiger partial charge >= 0.3 is 0 Å². The zero-order valence-electron chi connectivity index (χ0n) is 11.8. The average Bonchev–Trinajstić information content (AvgIpc) is 2.37. The molecule has 4 nitrogen and oxygen atoms in total. The molecule has 0 spiro atoms. The highest BCUT2D eigenvalue weighted by molar-refractivity contribution is 5.20. The van der Waals surface area contributed by atoms with Crippen molar-refractivity contribution < 1.29 is 9.47 Å². The van der Waals surface area contributed by atoms with Crippen LogP contribution in [-0.4, -0.2) is 52.0 Å². The molecule has 0 radical (unpaired) electrons. The second kappa shape index (κ2) is 12.4. The van der Waals surface area contributed by atoms with Gasteiger partial charge in [0, 0.05) is 39.6 Å². The van der Waals surface area contributed by atoms with Crippen LogP contribution < -0.4 is 5.73 Å². The predicted octanol–water partition coefficient (Wildman–Crippen LogP) is 1.56. The van der Waals surface area contributed by atoms with Crippen LogP contribution >= 0.6 is 0 Å². The van der Waals surface area contributed by atoms with Gasteiger partial charge in [0.05, 0.1) is 13.2 Å². The molecule has 2 N–H and O–H groups in total. The number of hydrogen-bond acceptors (Lipinski definition) is 4. The Morgan fingerprint density at radius 2 is 1.78 bits per heavy atom. The molecular formula is C14H26N2O2. The van der Waals surface area contributed by atoms with Gasteiger partial charge in [-0.3, -0.25) is 4.90 Å². The summed E-state index contributed by atoms with van der Waals surface area (Å²) in [5.74, 6) is 0. The van der Waals surface area contributed by atoms with Gasteiger partial charge in [0.1, 0.15) is 0 Å². The summed E-state index contributed by atoms with van der Waals surface area (Å²) in [6, 6.07) is 0. The maximum atomic E-state index is 5.73. The average molecular weight is 254 g/mol. The highest BCUT2D eigenvalue weighted by atomic mass is 16.5. The highest BCUT2D eigenvalue weighted by Crippen LogP contribution is 1.92. The summed E-state index contributed by atoms with van der Waals surface area (Å²) >= 11 is 0. The summed E-state index contributed by atoms with van der Waals surface area (Å²) in [4.78, 5) is 2.27. The number of rotatable bonds is 10. The summed E-state index contributed by atoms with van der Waals surface area (Å²) in [7, 11) is 3.43. The first-order valence-electron chi connectivity index (χ1n) is 6.19. The van der Waals surface area contributed by atoms with Crippen LogP contribution in [0.2, 0.25) is 0 Å². The molecule has 0 aromatic rings. The van der Waals surface area contributed by atoms with Crippen LogP contribution in [0, 0.1) is 0 Å². The third-order valence-corrected chi connectivity index (χ3v) is 2.37. The summed E-state index contributed by atoms with van der Waals surface area (Å²) in [6.07, 6.45) is 9.75. The van der Waals surface area contributed by atoms with Crippen molar-refractivity contribution in [1.82, 2.24) is 4.90 Å². The fourth-order valence-electron chi connectivity index (χ4n) is 1.37. The Morgan fingerprint density at radius 3 is 2.28 bits per heavy atom. The highest BCUT2D eigenvalue weighted by Gasteiger charge is 2.01. The third-order valence-electron chi connectivity index (χ3n) is 2.37. The van der Waals surface area contributed by atoms with Crippen molar-refractivity contribution in [1.29, 1.82) is 0 Å². The summed E-state index contributed by atoms with van der Waals surface area (Å²) in [5.41, 5.74) is 6.49. The van der Waals surface area contributed by atoms with Crippen molar-refractivity contribution in [3.63, 3.8) is 0 Å². The molecule has 0 aliphatic heterocycles. The van der Waals surface area contributed by atoms with Crippen LogP contribution in [0.1, 0.15) is 6.92 Å². The first kappa shape index (κ1) is 16.9. The minimum atomic E-state index is 0.730. The van der Waals surface area contributed by atoms with E-state index in [4.69, 9.17) is 15.2 Å². The minimum Gasteiger partial charge on any atom is -0.399 e. The van der Waals surface area contributed by atoms with Crippen LogP contribution in [-0.2, 0) is 9.47 Å². The number of allylic oxidation sites excluding steroid dienone is 4. The molecule has 0 saturated carbocycles. The van der Waals surface area contributed by atoms with Gasteiger partial charge in [0.2, 0.25) is 0 Å². The Hall–Kier alpha value is -1.10. The number of hydrogen-bond donors (Lipinski definition) is 1. The van der Waals surface area contributed by atoms with E-state index in [9.17, 15) is 0 Å². The van der Waals surface area contributed by atoms with Crippen LogP contribution in [0.15, 0.2) is 36.1 Å². The van der Waals surface area contributed by atoms with Crippen LogP contribution in [0.4, 0.5) is 0 Å². The molecule has 0 amide bonds. The van der Waals surface area contributed by atoms with E-state index in [1.807, 2.05) is 31.2 Å². The van der Waals surface area contributed by atoms with Crippen LogP contribution in [0.3, 0.4) is 0 Å². The van der Waals surface area contributed by atoms with Crippen molar-refractivity contribution in [3.05, 3.63) is 36.1 Å². The Balaban J connectivity index is 4.06. The largest absolute Gasteiger partial charge is 0.399 e. The monoisotopic (exact) mass is 254 g/mol. The number of nitrogens with two attached hydrogens (primary N) is 1. The SMILES string of the molecule is C\C=C/C(N)=C\C=C\CN(CCOC)CCOC. The van der Waals surface area contributed by atoms with E-state index in [0.29, 0.717) is 0 Å². The van der Waals surface area contributed by atoms with Gasteiger partial charge in [-0.05, 0) is 19.1 Å². The first-order chi connectivity index (χ1) is 8.74. The van der Waals surface area contributed by atoms with Crippen molar-refractivity contribution in [2.45, 2.75) is 6.92 Å². The van der Waals surface area contributed by atoms with Crippen molar-refractivity contribution in [2.75, 3.05) is 47.1 Å². The molecule has 0 aliphatic rings. The van der Waals surface area contributed by atoms with Crippen LogP contribution in [0.5, 0.6) is 0 Å². The van der Waals surface area contributed by atoms with E-state index in [2.05, 4.69) is 11.0 Å². The molecule has 0 unspecified atom stereocenters. The molecule has 0 rings (SSSR count). The fourth-order valence-corrected chi connectivity index (χ4v) is 1.37. The van der Waals surface area contributed by atoms with Crippen molar-refractivity contribution in [3.8, 4) is 0 Å². The maximum Gasteiger partial charge on any atom is 0.0589 e. The first-order valence-corrected chi connectivity index (χ1v) is 6.19. The molecule has 104 valence electrons. The Morgan fingerprint density at radius 1 is 1.17 bits per heavy atom. The Kier molecular flexibility index (Phi) is 11.6. The normalized spacial score (nSPS) is 13.2. The van der Waals surface area contributed by atoms with E-state index < -0.39 is 0 Å². The van der Waals surface area contributed by atoms with E-state index in [1.54, 1.807) is 14.2 Å². The second-order valence-corrected chi connectivity index (χ2v) is 3.88. The summed E-state index contributed by atoms with van der Waals surface area (Å²) in [6.45, 7) is 6.08. The molecule has 18 heavy (non-hydrogen) atoms. The van der Waals surface area contributed by atoms with Gasteiger partial charge in [-0.25, -0.2) is 0 Å². The van der Waals surface area contributed by atoms with E-state index in [1.165, 1.54) is 0 Å². The zero-order valence-corrected chi connectivity index (χ0v) is 11.8. The molecule has 0 aromatic carbocycles. The Labute approximate surface area is 111 Å². The molecule has 0 aromatic heterocycles. The van der Waals surface area contributed by atoms with Gasteiger partial charge in [-0.15, -0.1) is 0 Å². The lowest BCUT2D eigenvalue weighted by molar-refractivity contribution is 0.121. The Bertz CT molecular complexity index is 265. The topological polar surface area (TPSA) is 47.7 Å². The minimum absolute atomic E-state index is 0.730. The van der Waals surface area contributed by atoms with Crippen molar-refractivity contribution in [2.24, 2.45) is 5.73 Å². The van der Waals surface area contributed by atoms with Gasteiger partial charge in [0.25, 0.3) is 0 Å². The fraction of sp³-hybridized carbons (Fsp3) is 0.571.